The van der Waals surface area contributed by atoms with Gasteiger partial charge in [-0.15, -0.1) is 0 Å². The Kier molecular flexibility index (Phi) is 5.13. The SMILES string of the molecule is C[C@@H](n1ccc2cc(Cl)ccc2c1=O)[C@](O)(Cn1cncn1)c1cc(F)ccc1F. The van der Waals surface area contributed by atoms with Gasteiger partial charge in [-0.2, -0.15) is 5.10 Å². The molecule has 2 aromatic heterocycles. The first kappa shape index (κ1) is 20.2. The number of hydrogen-bond acceptors (Lipinski definition) is 4. The van der Waals surface area contributed by atoms with Gasteiger partial charge in [-0.3, -0.25) is 4.79 Å². The van der Waals surface area contributed by atoms with E-state index >= 15 is 0 Å². The van der Waals surface area contributed by atoms with Gasteiger partial charge >= 0.3 is 0 Å². The predicted molar refractivity (Wildman–Crippen MR) is 108 cm³/mol. The third kappa shape index (κ3) is 3.48. The molecule has 0 fully saturated rings. The van der Waals surface area contributed by atoms with E-state index in [2.05, 4.69) is 10.1 Å². The number of aliphatic hydroxyl groups is 1. The maximum atomic E-state index is 14.7. The molecule has 0 spiro atoms. The van der Waals surface area contributed by atoms with E-state index < -0.39 is 28.8 Å². The molecule has 4 rings (SSSR count). The largest absolute Gasteiger partial charge is 0.381 e. The lowest BCUT2D eigenvalue weighted by molar-refractivity contribution is -0.0342. The third-order valence-corrected chi connectivity index (χ3v) is 5.50. The van der Waals surface area contributed by atoms with Crippen molar-refractivity contribution in [2.45, 2.75) is 25.1 Å². The van der Waals surface area contributed by atoms with Crippen LogP contribution in [0.2, 0.25) is 5.02 Å². The maximum Gasteiger partial charge on any atom is 0.258 e. The number of halogens is 3. The van der Waals surface area contributed by atoms with Gasteiger partial charge in [0.15, 0.2) is 0 Å². The zero-order chi connectivity index (χ0) is 21.5. The summed E-state index contributed by atoms with van der Waals surface area (Å²) < 4.78 is 31.2. The van der Waals surface area contributed by atoms with Crippen LogP contribution in [0.3, 0.4) is 0 Å². The van der Waals surface area contributed by atoms with Crippen LogP contribution in [0.15, 0.2) is 66.1 Å². The second-order valence-corrected chi connectivity index (χ2v) is 7.51. The van der Waals surface area contributed by atoms with Gasteiger partial charge in [-0.05, 0) is 54.8 Å². The Bertz CT molecular complexity index is 1280. The topological polar surface area (TPSA) is 72.9 Å². The van der Waals surface area contributed by atoms with Crippen LogP contribution < -0.4 is 5.56 Å². The summed E-state index contributed by atoms with van der Waals surface area (Å²) in [5.41, 5.74) is -2.69. The van der Waals surface area contributed by atoms with Crippen LogP contribution in [0.4, 0.5) is 8.78 Å². The molecule has 0 aliphatic rings. The molecule has 154 valence electrons. The minimum absolute atomic E-state index is 0.250. The molecule has 30 heavy (non-hydrogen) atoms. The second-order valence-electron chi connectivity index (χ2n) is 7.08. The van der Waals surface area contributed by atoms with Crippen LogP contribution in [0.25, 0.3) is 10.8 Å². The molecule has 9 heteroatoms. The van der Waals surface area contributed by atoms with Crippen LogP contribution in [-0.2, 0) is 12.1 Å². The fourth-order valence-electron chi connectivity index (χ4n) is 3.60. The summed E-state index contributed by atoms with van der Waals surface area (Å²) >= 11 is 6.00. The first-order valence-corrected chi connectivity index (χ1v) is 9.48. The average molecular weight is 431 g/mol. The smallest absolute Gasteiger partial charge is 0.258 e. The van der Waals surface area contributed by atoms with Gasteiger partial charge < -0.3 is 9.67 Å². The van der Waals surface area contributed by atoms with E-state index in [-0.39, 0.29) is 12.1 Å². The highest BCUT2D eigenvalue weighted by Crippen LogP contribution is 2.36. The fourth-order valence-corrected chi connectivity index (χ4v) is 3.78. The molecule has 2 heterocycles. The van der Waals surface area contributed by atoms with Crippen LogP contribution >= 0.6 is 11.6 Å². The molecule has 0 saturated heterocycles. The zero-order valence-corrected chi connectivity index (χ0v) is 16.6. The Balaban J connectivity index is 1.90. The van der Waals surface area contributed by atoms with E-state index in [4.69, 9.17) is 11.6 Å². The summed E-state index contributed by atoms with van der Waals surface area (Å²) in [6.07, 6.45) is 4.11. The average Bonchev–Trinajstić information content (AvgIpc) is 3.22. The molecule has 0 radical (unpaired) electrons. The highest BCUT2D eigenvalue weighted by atomic mass is 35.5. The summed E-state index contributed by atoms with van der Waals surface area (Å²) in [6.45, 7) is 1.31. The van der Waals surface area contributed by atoms with E-state index in [9.17, 15) is 18.7 Å². The van der Waals surface area contributed by atoms with Crippen molar-refractivity contribution in [3.63, 3.8) is 0 Å². The summed E-state index contributed by atoms with van der Waals surface area (Å²) in [5, 5.41) is 17.1. The normalized spacial score (nSPS) is 14.6. The van der Waals surface area contributed by atoms with Crippen LogP contribution in [0.1, 0.15) is 18.5 Å². The highest BCUT2D eigenvalue weighted by Gasteiger charge is 2.41. The molecular weight excluding hydrogens is 414 g/mol. The van der Waals surface area contributed by atoms with E-state index in [1.54, 1.807) is 31.2 Å². The number of hydrogen-bond donors (Lipinski definition) is 1. The lowest BCUT2D eigenvalue weighted by Crippen LogP contribution is -2.43. The van der Waals surface area contributed by atoms with E-state index in [1.807, 2.05) is 0 Å². The van der Waals surface area contributed by atoms with E-state index in [0.717, 1.165) is 18.2 Å². The molecule has 0 amide bonds. The Morgan fingerprint density at radius 1 is 1.20 bits per heavy atom. The summed E-state index contributed by atoms with van der Waals surface area (Å²) in [4.78, 5) is 17.0. The number of rotatable bonds is 5. The summed E-state index contributed by atoms with van der Waals surface area (Å²) in [7, 11) is 0. The van der Waals surface area contributed by atoms with E-state index in [1.165, 1.54) is 28.1 Å². The van der Waals surface area contributed by atoms with Crippen molar-refractivity contribution in [3.05, 3.63) is 93.9 Å². The van der Waals surface area contributed by atoms with Gasteiger partial charge in [0.1, 0.15) is 29.9 Å². The summed E-state index contributed by atoms with van der Waals surface area (Å²) in [6, 6.07) is 8.36. The minimum Gasteiger partial charge on any atom is -0.381 e. The first-order valence-electron chi connectivity index (χ1n) is 9.10. The Morgan fingerprint density at radius 3 is 2.73 bits per heavy atom. The van der Waals surface area contributed by atoms with Crippen molar-refractivity contribution in [1.82, 2.24) is 19.3 Å². The zero-order valence-electron chi connectivity index (χ0n) is 15.8. The van der Waals surface area contributed by atoms with Gasteiger partial charge in [-0.25, -0.2) is 18.4 Å². The molecule has 4 aromatic rings. The van der Waals surface area contributed by atoms with Gasteiger partial charge in [0.25, 0.3) is 5.56 Å². The number of benzene rings is 2. The number of fused-ring (bicyclic) bond motifs is 1. The van der Waals surface area contributed by atoms with Crippen molar-refractivity contribution in [3.8, 4) is 0 Å². The van der Waals surface area contributed by atoms with Crippen molar-refractivity contribution in [2.24, 2.45) is 0 Å². The quantitative estimate of drug-likeness (QED) is 0.524. The third-order valence-electron chi connectivity index (χ3n) is 5.27. The lowest BCUT2D eigenvalue weighted by atomic mass is 9.86. The Labute approximate surface area is 175 Å². The maximum absolute atomic E-state index is 14.7. The highest BCUT2D eigenvalue weighted by molar-refractivity contribution is 6.31. The van der Waals surface area contributed by atoms with Crippen LogP contribution in [0.5, 0.6) is 0 Å². The van der Waals surface area contributed by atoms with Crippen molar-refractivity contribution in [1.29, 1.82) is 0 Å². The van der Waals surface area contributed by atoms with Crippen LogP contribution in [-0.4, -0.2) is 24.4 Å². The second kappa shape index (κ2) is 7.62. The van der Waals surface area contributed by atoms with Gasteiger partial charge in [0.05, 0.1) is 12.6 Å². The predicted octanol–water partition coefficient (Wildman–Crippen LogP) is 3.67. The number of pyridine rings is 1. The molecule has 0 unspecified atom stereocenters. The van der Waals surface area contributed by atoms with E-state index in [0.29, 0.717) is 15.8 Å². The monoisotopic (exact) mass is 430 g/mol. The Morgan fingerprint density at radius 2 is 2.00 bits per heavy atom. The van der Waals surface area contributed by atoms with Crippen LogP contribution in [0, 0.1) is 11.6 Å². The standard InChI is InChI=1S/C21H17ClF2N4O2/c1-13(28-7-6-14-8-15(22)2-4-17(14)20(28)29)21(30,10-27-12-25-11-26-27)18-9-16(23)3-5-19(18)24/h2-9,11-13,30H,10H2,1H3/t13-,21-/m1/s1. The molecule has 0 aliphatic heterocycles. The van der Waals surface area contributed by atoms with Gasteiger partial charge in [0, 0.05) is 22.2 Å². The van der Waals surface area contributed by atoms with Gasteiger partial charge in [0.2, 0.25) is 0 Å². The molecule has 0 bridgehead atoms. The summed E-state index contributed by atoms with van der Waals surface area (Å²) in [5.74, 6) is -1.51. The van der Waals surface area contributed by atoms with Crippen molar-refractivity contribution >= 4 is 22.4 Å². The Hall–Kier alpha value is -3.10. The molecule has 2 atom stereocenters. The molecular formula is C21H17ClF2N4O2. The van der Waals surface area contributed by atoms with Gasteiger partial charge in [-0.1, -0.05) is 11.6 Å². The first-order chi connectivity index (χ1) is 14.3. The van der Waals surface area contributed by atoms with Crippen molar-refractivity contribution in [2.75, 3.05) is 0 Å². The fraction of sp³-hybridized carbons (Fsp3) is 0.190. The number of nitrogens with zero attached hydrogens (tertiary/aromatic N) is 4. The number of aromatic nitrogens is 4. The molecule has 0 saturated carbocycles. The molecule has 0 aliphatic carbocycles. The molecule has 6 nitrogen and oxygen atoms in total. The lowest BCUT2D eigenvalue weighted by Gasteiger charge is -2.35. The minimum atomic E-state index is -2.01. The van der Waals surface area contributed by atoms with Crippen molar-refractivity contribution < 1.29 is 13.9 Å². The molecule has 2 aromatic carbocycles. The molecule has 1 N–H and O–H groups in total.